The molecule has 7 nitrogen and oxygen atoms in total. The molecule has 0 spiro atoms. The van der Waals surface area contributed by atoms with Gasteiger partial charge in [0.2, 0.25) is 5.91 Å². The van der Waals surface area contributed by atoms with E-state index in [1.54, 1.807) is 17.0 Å². The van der Waals surface area contributed by atoms with Gasteiger partial charge in [-0.15, -0.1) is 0 Å². The first-order valence-corrected chi connectivity index (χ1v) is 7.43. The largest absolute Gasteiger partial charge is 0.493 e. The SMILES string of the molecule is CCN(CC)C(=O)c1nn(C(C)=O)c2cc(OC)c(OC)cc12. The number of ether oxygens (including phenoxy) is 2. The summed E-state index contributed by atoms with van der Waals surface area (Å²) < 4.78 is 11.8. The van der Waals surface area contributed by atoms with Gasteiger partial charge in [-0.2, -0.15) is 9.78 Å². The number of amides is 1. The average molecular weight is 319 g/mol. The number of hydrogen-bond acceptors (Lipinski definition) is 5. The number of carbonyl (C=O) groups is 2. The van der Waals surface area contributed by atoms with Gasteiger partial charge >= 0.3 is 0 Å². The molecule has 1 aromatic heterocycles. The third-order valence-corrected chi connectivity index (χ3v) is 3.74. The molecular weight excluding hydrogens is 298 g/mol. The maximum absolute atomic E-state index is 12.7. The van der Waals surface area contributed by atoms with Gasteiger partial charge in [0, 0.05) is 31.5 Å². The van der Waals surface area contributed by atoms with Gasteiger partial charge in [0.25, 0.3) is 5.91 Å². The molecule has 1 heterocycles. The maximum Gasteiger partial charge on any atom is 0.275 e. The lowest BCUT2D eigenvalue weighted by Crippen LogP contribution is -2.31. The first kappa shape index (κ1) is 16.8. The number of methoxy groups -OCH3 is 2. The molecule has 124 valence electrons. The molecule has 0 aliphatic rings. The van der Waals surface area contributed by atoms with Gasteiger partial charge in [-0.25, -0.2) is 0 Å². The van der Waals surface area contributed by atoms with Gasteiger partial charge in [0.15, 0.2) is 17.2 Å². The molecule has 0 unspecified atom stereocenters. The molecule has 0 fully saturated rings. The summed E-state index contributed by atoms with van der Waals surface area (Å²) in [5, 5.41) is 4.79. The van der Waals surface area contributed by atoms with Crippen LogP contribution in [0.2, 0.25) is 0 Å². The summed E-state index contributed by atoms with van der Waals surface area (Å²) >= 11 is 0. The fourth-order valence-electron chi connectivity index (χ4n) is 2.50. The standard InChI is InChI=1S/C16H21N3O4/c1-6-18(7-2)16(21)15-11-8-13(22-4)14(23-5)9-12(11)19(17-15)10(3)20/h8-9H,6-7H2,1-5H3. The van der Waals surface area contributed by atoms with Crippen LogP contribution in [-0.4, -0.2) is 53.8 Å². The number of nitrogens with zero attached hydrogens (tertiary/aromatic N) is 3. The van der Waals surface area contributed by atoms with Crippen LogP contribution in [0.15, 0.2) is 12.1 Å². The van der Waals surface area contributed by atoms with Gasteiger partial charge in [0.05, 0.1) is 19.7 Å². The molecule has 0 aliphatic carbocycles. The number of fused-ring (bicyclic) bond motifs is 1. The van der Waals surface area contributed by atoms with Crippen molar-refractivity contribution < 1.29 is 19.1 Å². The number of rotatable bonds is 5. The lowest BCUT2D eigenvalue weighted by molar-refractivity contribution is 0.0768. The molecule has 0 saturated heterocycles. The smallest absolute Gasteiger partial charge is 0.275 e. The minimum absolute atomic E-state index is 0.216. The molecule has 0 atom stereocenters. The van der Waals surface area contributed by atoms with E-state index in [0.29, 0.717) is 35.5 Å². The number of hydrogen-bond donors (Lipinski definition) is 0. The lowest BCUT2D eigenvalue weighted by Gasteiger charge is -2.17. The topological polar surface area (TPSA) is 73.7 Å². The third kappa shape index (κ3) is 2.86. The van der Waals surface area contributed by atoms with Crippen LogP contribution in [0, 0.1) is 0 Å². The molecule has 2 aromatic rings. The van der Waals surface area contributed by atoms with E-state index >= 15 is 0 Å². The van der Waals surface area contributed by atoms with Gasteiger partial charge in [-0.05, 0) is 19.9 Å². The predicted octanol–water partition coefficient (Wildman–Crippen LogP) is 2.20. The molecule has 0 N–H and O–H groups in total. The monoisotopic (exact) mass is 319 g/mol. The average Bonchev–Trinajstić information content (AvgIpc) is 2.93. The second-order valence-electron chi connectivity index (χ2n) is 4.98. The molecule has 2 rings (SSSR count). The van der Waals surface area contributed by atoms with Crippen molar-refractivity contribution in [1.82, 2.24) is 14.7 Å². The molecule has 0 bridgehead atoms. The van der Waals surface area contributed by atoms with Crippen LogP contribution in [0.3, 0.4) is 0 Å². The fraction of sp³-hybridized carbons (Fsp3) is 0.438. The molecule has 1 amide bonds. The minimum atomic E-state index is -0.277. The van der Waals surface area contributed by atoms with E-state index in [-0.39, 0.29) is 17.5 Å². The number of carbonyl (C=O) groups excluding carboxylic acids is 2. The van der Waals surface area contributed by atoms with Crippen LogP contribution in [0.4, 0.5) is 0 Å². The number of benzene rings is 1. The van der Waals surface area contributed by atoms with E-state index in [0.717, 1.165) is 0 Å². The zero-order valence-electron chi connectivity index (χ0n) is 14.0. The first-order valence-electron chi connectivity index (χ1n) is 7.43. The summed E-state index contributed by atoms with van der Waals surface area (Å²) in [6.45, 7) is 6.33. The van der Waals surface area contributed by atoms with Gasteiger partial charge < -0.3 is 14.4 Å². The highest BCUT2D eigenvalue weighted by molar-refractivity contribution is 6.07. The van der Waals surface area contributed by atoms with E-state index in [1.165, 1.54) is 25.8 Å². The van der Waals surface area contributed by atoms with Crippen LogP contribution >= 0.6 is 0 Å². The van der Waals surface area contributed by atoms with E-state index in [4.69, 9.17) is 9.47 Å². The second-order valence-corrected chi connectivity index (χ2v) is 4.98. The van der Waals surface area contributed by atoms with Crippen molar-refractivity contribution in [3.63, 3.8) is 0 Å². The summed E-state index contributed by atoms with van der Waals surface area (Å²) in [7, 11) is 3.03. The van der Waals surface area contributed by atoms with Crippen molar-refractivity contribution in [3.05, 3.63) is 17.8 Å². The van der Waals surface area contributed by atoms with E-state index < -0.39 is 0 Å². The summed E-state index contributed by atoms with van der Waals surface area (Å²) in [5.74, 6) is 0.467. The fourth-order valence-corrected chi connectivity index (χ4v) is 2.50. The third-order valence-electron chi connectivity index (χ3n) is 3.74. The van der Waals surface area contributed by atoms with Gasteiger partial charge in [-0.3, -0.25) is 9.59 Å². The summed E-state index contributed by atoms with van der Waals surface area (Å²) in [6, 6.07) is 3.33. The van der Waals surface area contributed by atoms with Crippen LogP contribution in [0.25, 0.3) is 10.9 Å². The Morgan fingerprint density at radius 3 is 2.17 bits per heavy atom. The Morgan fingerprint density at radius 2 is 1.70 bits per heavy atom. The minimum Gasteiger partial charge on any atom is -0.493 e. The van der Waals surface area contributed by atoms with E-state index in [9.17, 15) is 9.59 Å². The molecule has 0 aliphatic heterocycles. The second kappa shape index (κ2) is 6.68. The Bertz CT molecular complexity index is 747. The van der Waals surface area contributed by atoms with Gasteiger partial charge in [0.1, 0.15) is 0 Å². The Labute approximate surface area is 134 Å². The Kier molecular flexibility index (Phi) is 4.88. The summed E-state index contributed by atoms with van der Waals surface area (Å²) in [6.07, 6.45) is 0. The van der Waals surface area contributed by atoms with Crippen molar-refractivity contribution in [2.24, 2.45) is 0 Å². The Morgan fingerprint density at radius 1 is 1.13 bits per heavy atom. The quantitative estimate of drug-likeness (QED) is 0.844. The number of aromatic nitrogens is 2. The molecule has 7 heteroatoms. The van der Waals surface area contributed by atoms with Crippen molar-refractivity contribution in [3.8, 4) is 11.5 Å². The zero-order valence-corrected chi connectivity index (χ0v) is 14.0. The highest BCUT2D eigenvalue weighted by Crippen LogP contribution is 2.34. The Hall–Kier alpha value is -2.57. The maximum atomic E-state index is 12.7. The zero-order chi connectivity index (χ0) is 17.1. The molecular formula is C16H21N3O4. The van der Waals surface area contributed by atoms with Crippen molar-refractivity contribution >= 4 is 22.7 Å². The normalized spacial score (nSPS) is 10.7. The van der Waals surface area contributed by atoms with Crippen molar-refractivity contribution in [2.45, 2.75) is 20.8 Å². The summed E-state index contributed by atoms with van der Waals surface area (Å²) in [5.41, 5.74) is 0.755. The molecule has 23 heavy (non-hydrogen) atoms. The van der Waals surface area contributed by atoms with Crippen LogP contribution in [0.5, 0.6) is 11.5 Å². The lowest BCUT2D eigenvalue weighted by atomic mass is 10.1. The Balaban J connectivity index is 2.75. The van der Waals surface area contributed by atoms with Crippen molar-refractivity contribution in [1.29, 1.82) is 0 Å². The molecule has 0 radical (unpaired) electrons. The van der Waals surface area contributed by atoms with E-state index in [1.807, 2.05) is 13.8 Å². The van der Waals surface area contributed by atoms with E-state index in [2.05, 4.69) is 5.10 Å². The molecule has 1 aromatic carbocycles. The van der Waals surface area contributed by atoms with Crippen LogP contribution in [0.1, 0.15) is 36.1 Å². The van der Waals surface area contributed by atoms with Crippen LogP contribution in [-0.2, 0) is 0 Å². The highest BCUT2D eigenvalue weighted by atomic mass is 16.5. The first-order chi connectivity index (χ1) is 11.0. The van der Waals surface area contributed by atoms with Crippen LogP contribution < -0.4 is 9.47 Å². The highest BCUT2D eigenvalue weighted by Gasteiger charge is 2.24. The summed E-state index contributed by atoms with van der Waals surface area (Å²) in [4.78, 5) is 26.2. The molecule has 0 saturated carbocycles. The van der Waals surface area contributed by atoms with Crippen molar-refractivity contribution in [2.75, 3.05) is 27.3 Å². The predicted molar refractivity (Wildman–Crippen MR) is 86.4 cm³/mol. The van der Waals surface area contributed by atoms with Gasteiger partial charge in [-0.1, -0.05) is 0 Å².